The number of cyclic esters (lactones) is 2. The largest absolute Gasteiger partial charge is 0.508 e. The first-order chi connectivity index (χ1) is 7.60. The van der Waals surface area contributed by atoms with Gasteiger partial charge in [-0.1, -0.05) is 0 Å². The fourth-order valence-corrected chi connectivity index (χ4v) is 1.37. The van der Waals surface area contributed by atoms with E-state index in [1.807, 2.05) is 0 Å². The van der Waals surface area contributed by atoms with Gasteiger partial charge in [-0.2, -0.15) is 26.3 Å². The fourth-order valence-electron chi connectivity index (χ4n) is 1.37. The zero-order chi connectivity index (χ0) is 13.3. The molecule has 1 fully saturated rings. The van der Waals surface area contributed by atoms with Crippen molar-refractivity contribution in [1.29, 1.82) is 0 Å². The van der Waals surface area contributed by atoms with Crippen LogP contribution in [-0.4, -0.2) is 31.2 Å². The Labute approximate surface area is 91.7 Å². The number of carbonyl (C=O) groups is 1. The third kappa shape index (κ3) is 3.97. The van der Waals surface area contributed by atoms with Gasteiger partial charge in [-0.3, -0.25) is 0 Å². The summed E-state index contributed by atoms with van der Waals surface area (Å²) in [6, 6.07) is 0. The van der Waals surface area contributed by atoms with Crippen LogP contribution in [0.4, 0.5) is 31.1 Å². The Morgan fingerprint density at radius 1 is 1.18 bits per heavy atom. The van der Waals surface area contributed by atoms with E-state index in [1.165, 1.54) is 0 Å². The molecule has 0 radical (unpaired) electrons. The minimum Gasteiger partial charge on any atom is -0.430 e. The zero-order valence-electron chi connectivity index (χ0n) is 8.27. The summed E-state index contributed by atoms with van der Waals surface area (Å²) in [5.74, 6) is -3.41. The van der Waals surface area contributed by atoms with E-state index in [-0.39, 0.29) is 6.61 Å². The van der Waals surface area contributed by atoms with Gasteiger partial charge in [0.05, 0.1) is 0 Å². The van der Waals surface area contributed by atoms with Crippen LogP contribution in [0, 0.1) is 5.92 Å². The molecule has 1 rings (SSSR count). The lowest BCUT2D eigenvalue weighted by Crippen LogP contribution is -2.37. The van der Waals surface area contributed by atoms with E-state index in [9.17, 15) is 31.1 Å². The Kier molecular flexibility index (Phi) is 3.78. The normalized spacial score (nSPS) is 21.6. The van der Waals surface area contributed by atoms with Crippen molar-refractivity contribution >= 4 is 6.16 Å². The van der Waals surface area contributed by atoms with Crippen LogP contribution in [0.3, 0.4) is 0 Å². The molecule has 0 aromatic carbocycles. The molecule has 3 nitrogen and oxygen atoms in total. The second-order valence-corrected chi connectivity index (χ2v) is 3.51. The molecule has 1 unspecified atom stereocenters. The van der Waals surface area contributed by atoms with Crippen LogP contribution in [0.15, 0.2) is 0 Å². The second-order valence-electron chi connectivity index (χ2n) is 3.51. The maximum absolute atomic E-state index is 12.1. The van der Waals surface area contributed by atoms with Crippen molar-refractivity contribution in [2.45, 2.75) is 31.3 Å². The number of rotatable bonds is 3. The second kappa shape index (κ2) is 4.61. The van der Waals surface area contributed by atoms with E-state index in [1.54, 1.807) is 0 Å². The summed E-state index contributed by atoms with van der Waals surface area (Å²) < 4.78 is 81.2. The van der Waals surface area contributed by atoms with Crippen molar-refractivity contribution in [3.63, 3.8) is 0 Å². The van der Waals surface area contributed by atoms with E-state index < -0.39 is 43.4 Å². The molecule has 9 heteroatoms. The van der Waals surface area contributed by atoms with E-state index in [0.717, 1.165) is 0 Å². The van der Waals surface area contributed by atoms with Gasteiger partial charge in [-0.25, -0.2) is 4.79 Å². The van der Waals surface area contributed by atoms with Crippen LogP contribution < -0.4 is 0 Å². The molecule has 1 saturated heterocycles. The van der Waals surface area contributed by atoms with Crippen molar-refractivity contribution in [3.8, 4) is 0 Å². The van der Waals surface area contributed by atoms with Crippen LogP contribution >= 0.6 is 0 Å². The predicted molar refractivity (Wildman–Crippen MR) is 41.1 cm³/mol. The molecule has 1 atom stereocenters. The summed E-state index contributed by atoms with van der Waals surface area (Å²) in [7, 11) is 0. The lowest BCUT2D eigenvalue weighted by Gasteiger charge is -2.23. The Morgan fingerprint density at radius 2 is 1.71 bits per heavy atom. The number of ether oxygens (including phenoxy) is 2. The van der Waals surface area contributed by atoms with Gasteiger partial charge < -0.3 is 9.47 Å². The SMILES string of the molecule is O=C1OCC(CCC(C(F)(F)F)C(F)(F)F)O1. The average molecular weight is 266 g/mol. The first kappa shape index (κ1) is 13.9. The lowest BCUT2D eigenvalue weighted by molar-refractivity contribution is -0.286. The summed E-state index contributed by atoms with van der Waals surface area (Å²) in [6.45, 7) is -0.318. The molecule has 1 heterocycles. The average Bonchev–Trinajstić information content (AvgIpc) is 2.46. The molecule has 0 amide bonds. The van der Waals surface area contributed by atoms with Crippen LogP contribution in [-0.2, 0) is 9.47 Å². The Morgan fingerprint density at radius 3 is 2.06 bits per heavy atom. The lowest BCUT2D eigenvalue weighted by atomic mass is 10.00. The monoisotopic (exact) mass is 266 g/mol. The molecule has 0 saturated carbocycles. The maximum Gasteiger partial charge on any atom is 0.508 e. The van der Waals surface area contributed by atoms with Crippen LogP contribution in [0.5, 0.6) is 0 Å². The Balaban J connectivity index is 2.54. The highest BCUT2D eigenvalue weighted by atomic mass is 19.4. The molecule has 100 valence electrons. The van der Waals surface area contributed by atoms with Gasteiger partial charge >= 0.3 is 18.5 Å². The van der Waals surface area contributed by atoms with E-state index in [2.05, 4.69) is 9.47 Å². The molecule has 1 aliphatic rings. The van der Waals surface area contributed by atoms with Gasteiger partial charge in [-0.05, 0) is 12.8 Å². The molecule has 0 aliphatic carbocycles. The van der Waals surface area contributed by atoms with Gasteiger partial charge in [0.2, 0.25) is 0 Å². The smallest absolute Gasteiger partial charge is 0.430 e. The van der Waals surface area contributed by atoms with Crippen molar-refractivity contribution in [1.82, 2.24) is 0 Å². The third-order valence-electron chi connectivity index (χ3n) is 2.22. The topological polar surface area (TPSA) is 35.5 Å². The molecule has 0 aromatic heterocycles. The highest BCUT2D eigenvalue weighted by Gasteiger charge is 2.56. The summed E-state index contributed by atoms with van der Waals surface area (Å²) in [5, 5.41) is 0. The van der Waals surface area contributed by atoms with Crippen molar-refractivity contribution in [2.24, 2.45) is 5.92 Å². The molecule has 0 bridgehead atoms. The van der Waals surface area contributed by atoms with Crippen molar-refractivity contribution in [3.05, 3.63) is 0 Å². The van der Waals surface area contributed by atoms with Crippen LogP contribution in [0.2, 0.25) is 0 Å². The molecule has 17 heavy (non-hydrogen) atoms. The highest BCUT2D eigenvalue weighted by Crippen LogP contribution is 2.42. The van der Waals surface area contributed by atoms with Gasteiger partial charge in [0.15, 0.2) is 5.92 Å². The number of halogens is 6. The third-order valence-corrected chi connectivity index (χ3v) is 2.22. The number of alkyl halides is 6. The number of hydrogen-bond acceptors (Lipinski definition) is 3. The first-order valence-electron chi connectivity index (χ1n) is 4.57. The quantitative estimate of drug-likeness (QED) is 0.581. The Bertz CT molecular complexity index is 270. The number of carbonyl (C=O) groups excluding carboxylic acids is 1. The van der Waals surface area contributed by atoms with Gasteiger partial charge in [0.25, 0.3) is 0 Å². The first-order valence-corrected chi connectivity index (χ1v) is 4.57. The van der Waals surface area contributed by atoms with Crippen molar-refractivity contribution < 1.29 is 40.6 Å². The molecule has 0 spiro atoms. The van der Waals surface area contributed by atoms with Gasteiger partial charge in [0.1, 0.15) is 12.7 Å². The van der Waals surface area contributed by atoms with E-state index in [4.69, 9.17) is 0 Å². The van der Waals surface area contributed by atoms with Gasteiger partial charge in [0, 0.05) is 0 Å². The molecular formula is C8H8F6O3. The van der Waals surface area contributed by atoms with E-state index in [0.29, 0.717) is 0 Å². The van der Waals surface area contributed by atoms with Gasteiger partial charge in [-0.15, -0.1) is 0 Å². The highest BCUT2D eigenvalue weighted by molar-refractivity contribution is 5.61. The minimum absolute atomic E-state index is 0.318. The molecule has 1 aliphatic heterocycles. The van der Waals surface area contributed by atoms with E-state index >= 15 is 0 Å². The summed E-state index contributed by atoms with van der Waals surface area (Å²) in [4.78, 5) is 10.4. The standard InChI is InChI=1S/C8H8F6O3/c9-7(10,11)5(8(12,13)14)2-1-4-3-16-6(15)17-4/h4-5H,1-3H2. The fraction of sp³-hybridized carbons (Fsp3) is 0.875. The van der Waals surface area contributed by atoms with Crippen LogP contribution in [0.1, 0.15) is 12.8 Å². The summed E-state index contributed by atoms with van der Waals surface area (Å²) >= 11 is 0. The van der Waals surface area contributed by atoms with Crippen molar-refractivity contribution in [2.75, 3.05) is 6.61 Å². The Hall–Kier alpha value is -1.15. The van der Waals surface area contributed by atoms with Crippen LogP contribution in [0.25, 0.3) is 0 Å². The maximum atomic E-state index is 12.1. The zero-order valence-corrected chi connectivity index (χ0v) is 8.27. The molecular weight excluding hydrogens is 258 g/mol. The summed E-state index contributed by atoms with van der Waals surface area (Å²) in [6.07, 6.45) is -14.6. The minimum atomic E-state index is -5.36. The molecule has 0 N–H and O–H groups in total. The predicted octanol–water partition coefficient (Wildman–Crippen LogP) is 3.04. The number of hydrogen-bond donors (Lipinski definition) is 0. The summed E-state index contributed by atoms with van der Waals surface area (Å²) in [5.41, 5.74) is 0. The molecule has 0 aromatic rings.